The third-order valence-electron chi connectivity index (χ3n) is 4.34. The van der Waals surface area contributed by atoms with Crippen molar-refractivity contribution in [2.45, 2.75) is 72.3 Å². The molecule has 1 saturated carbocycles. The van der Waals surface area contributed by atoms with E-state index in [1.54, 1.807) is 0 Å². The summed E-state index contributed by atoms with van der Waals surface area (Å²) in [6, 6.07) is 0.408. The summed E-state index contributed by atoms with van der Waals surface area (Å²) < 4.78 is 5.45. The van der Waals surface area contributed by atoms with Gasteiger partial charge < -0.3 is 15.8 Å². The predicted octanol–water partition coefficient (Wildman–Crippen LogP) is 3.31. The van der Waals surface area contributed by atoms with Gasteiger partial charge in [0.15, 0.2) is 5.96 Å². The van der Waals surface area contributed by atoms with E-state index in [4.69, 9.17) is 10.5 Å². The van der Waals surface area contributed by atoms with Crippen molar-refractivity contribution in [1.29, 1.82) is 0 Å². The van der Waals surface area contributed by atoms with Gasteiger partial charge in [-0.25, -0.2) is 0 Å². The van der Waals surface area contributed by atoms with Crippen LogP contribution in [0.4, 0.5) is 0 Å². The molecule has 0 bridgehead atoms. The van der Waals surface area contributed by atoms with Crippen LogP contribution in [0.5, 0.6) is 0 Å². The van der Waals surface area contributed by atoms with E-state index in [0.29, 0.717) is 17.4 Å². The minimum Gasteiger partial charge on any atom is -0.382 e. The number of guanidine groups is 1. The van der Waals surface area contributed by atoms with Gasteiger partial charge in [-0.2, -0.15) is 0 Å². The Morgan fingerprint density at radius 1 is 1.29 bits per heavy atom. The van der Waals surface area contributed by atoms with Gasteiger partial charge in [0.25, 0.3) is 0 Å². The molecule has 4 heteroatoms. The Kier molecular flexibility index (Phi) is 8.09. The van der Waals surface area contributed by atoms with Crippen LogP contribution >= 0.6 is 0 Å². The van der Waals surface area contributed by atoms with E-state index in [1.165, 1.54) is 25.7 Å². The second kappa shape index (κ2) is 9.29. The molecular formula is C17H35N3O. The van der Waals surface area contributed by atoms with Crippen LogP contribution < -0.4 is 11.1 Å². The lowest BCUT2D eigenvalue weighted by Gasteiger charge is -2.16. The monoisotopic (exact) mass is 297 g/mol. The van der Waals surface area contributed by atoms with Crippen molar-refractivity contribution in [1.82, 2.24) is 5.32 Å². The van der Waals surface area contributed by atoms with Crippen molar-refractivity contribution in [3.8, 4) is 0 Å². The zero-order valence-electron chi connectivity index (χ0n) is 14.5. The summed E-state index contributed by atoms with van der Waals surface area (Å²) >= 11 is 0. The number of nitrogens with one attached hydrogen (secondary N) is 1. The molecule has 1 rings (SSSR count). The van der Waals surface area contributed by atoms with Crippen LogP contribution in [0.25, 0.3) is 0 Å². The average molecular weight is 297 g/mol. The van der Waals surface area contributed by atoms with E-state index in [2.05, 4.69) is 31.1 Å². The Morgan fingerprint density at radius 2 is 2.00 bits per heavy atom. The Bertz CT molecular complexity index is 311. The molecule has 1 aliphatic carbocycles. The molecule has 0 heterocycles. The van der Waals surface area contributed by atoms with Gasteiger partial charge >= 0.3 is 0 Å². The summed E-state index contributed by atoms with van der Waals surface area (Å²) in [4.78, 5) is 4.55. The van der Waals surface area contributed by atoms with Crippen molar-refractivity contribution in [3.63, 3.8) is 0 Å². The summed E-state index contributed by atoms with van der Waals surface area (Å²) in [7, 11) is 0. The van der Waals surface area contributed by atoms with Crippen LogP contribution in [0.3, 0.4) is 0 Å². The Balaban J connectivity index is 2.20. The summed E-state index contributed by atoms with van der Waals surface area (Å²) in [5.41, 5.74) is 6.38. The molecule has 21 heavy (non-hydrogen) atoms. The van der Waals surface area contributed by atoms with E-state index in [9.17, 15) is 0 Å². The molecule has 4 nitrogen and oxygen atoms in total. The van der Waals surface area contributed by atoms with Crippen molar-refractivity contribution in [2.24, 2.45) is 22.1 Å². The molecule has 0 aromatic carbocycles. The van der Waals surface area contributed by atoms with E-state index in [0.717, 1.165) is 38.5 Å². The first kappa shape index (κ1) is 18.3. The fourth-order valence-electron chi connectivity index (χ4n) is 2.55. The quantitative estimate of drug-likeness (QED) is 0.349. The lowest BCUT2D eigenvalue weighted by atomic mass is 10.0. The van der Waals surface area contributed by atoms with Crippen molar-refractivity contribution in [3.05, 3.63) is 0 Å². The molecule has 124 valence electrons. The number of aliphatic imine (C=N–C) groups is 1. The Morgan fingerprint density at radius 3 is 2.57 bits per heavy atom. The maximum Gasteiger partial charge on any atom is 0.188 e. The minimum absolute atomic E-state index is 0.377. The smallest absolute Gasteiger partial charge is 0.188 e. The fourth-order valence-corrected chi connectivity index (χ4v) is 2.55. The highest BCUT2D eigenvalue weighted by molar-refractivity contribution is 5.78. The highest BCUT2D eigenvalue weighted by atomic mass is 16.5. The molecule has 0 aliphatic heterocycles. The van der Waals surface area contributed by atoms with Gasteiger partial charge in [0.05, 0.1) is 0 Å². The van der Waals surface area contributed by atoms with Crippen LogP contribution in [0, 0.1) is 11.3 Å². The first-order valence-corrected chi connectivity index (χ1v) is 8.61. The first-order chi connectivity index (χ1) is 9.97. The molecule has 0 radical (unpaired) electrons. The fraction of sp³-hybridized carbons (Fsp3) is 0.941. The number of ether oxygens (including phenoxy) is 1. The standard InChI is InChI=1S/C17H35N3O/c1-5-21-12-11-17(9-10-17)13-19-16(18)20-15(4)8-6-7-14(2)3/h14-15H,5-13H2,1-4H3,(H3,18,19,20). The molecule has 1 fully saturated rings. The van der Waals surface area contributed by atoms with Crippen LogP contribution in [0.15, 0.2) is 4.99 Å². The van der Waals surface area contributed by atoms with E-state index >= 15 is 0 Å². The topological polar surface area (TPSA) is 59.6 Å². The lowest BCUT2D eigenvalue weighted by Crippen LogP contribution is -2.38. The number of hydrogen-bond donors (Lipinski definition) is 2. The summed E-state index contributed by atoms with van der Waals surface area (Å²) in [5, 5.41) is 3.32. The van der Waals surface area contributed by atoms with Gasteiger partial charge in [-0.05, 0) is 50.9 Å². The largest absolute Gasteiger partial charge is 0.382 e. The van der Waals surface area contributed by atoms with Crippen molar-refractivity contribution < 1.29 is 4.74 Å². The lowest BCUT2D eigenvalue weighted by molar-refractivity contribution is 0.129. The van der Waals surface area contributed by atoms with Gasteiger partial charge in [0.2, 0.25) is 0 Å². The molecular weight excluding hydrogens is 262 g/mol. The maximum atomic E-state index is 6.00. The number of hydrogen-bond acceptors (Lipinski definition) is 2. The van der Waals surface area contributed by atoms with Crippen molar-refractivity contribution in [2.75, 3.05) is 19.8 Å². The molecule has 3 N–H and O–H groups in total. The third kappa shape index (κ3) is 8.30. The second-order valence-corrected chi connectivity index (χ2v) is 7.02. The van der Waals surface area contributed by atoms with Gasteiger partial charge in [-0.1, -0.05) is 26.7 Å². The zero-order chi connectivity index (χ0) is 15.7. The minimum atomic E-state index is 0.377. The van der Waals surface area contributed by atoms with E-state index < -0.39 is 0 Å². The maximum absolute atomic E-state index is 6.00. The second-order valence-electron chi connectivity index (χ2n) is 7.02. The number of nitrogens with zero attached hydrogens (tertiary/aromatic N) is 1. The third-order valence-corrected chi connectivity index (χ3v) is 4.34. The molecule has 1 atom stereocenters. The van der Waals surface area contributed by atoms with Crippen LogP contribution in [0.1, 0.15) is 66.2 Å². The van der Waals surface area contributed by atoms with Gasteiger partial charge in [0.1, 0.15) is 0 Å². The van der Waals surface area contributed by atoms with Crippen molar-refractivity contribution >= 4 is 5.96 Å². The zero-order valence-corrected chi connectivity index (χ0v) is 14.5. The Labute approximate surface area is 130 Å². The highest BCUT2D eigenvalue weighted by Gasteiger charge is 2.41. The van der Waals surface area contributed by atoms with Crippen LogP contribution in [-0.4, -0.2) is 31.8 Å². The van der Waals surface area contributed by atoms with Gasteiger partial charge in [-0.15, -0.1) is 0 Å². The molecule has 1 aliphatic rings. The molecule has 0 aromatic rings. The normalized spacial score (nSPS) is 18.8. The Hall–Kier alpha value is -0.770. The van der Waals surface area contributed by atoms with Crippen LogP contribution in [0.2, 0.25) is 0 Å². The molecule has 0 amide bonds. The summed E-state index contributed by atoms with van der Waals surface area (Å²) in [6.45, 7) is 11.3. The van der Waals surface area contributed by atoms with Crippen LogP contribution in [-0.2, 0) is 4.74 Å². The predicted molar refractivity (Wildman–Crippen MR) is 90.6 cm³/mol. The average Bonchev–Trinajstić information content (AvgIpc) is 3.17. The van der Waals surface area contributed by atoms with Gasteiger partial charge in [0, 0.05) is 25.8 Å². The number of nitrogens with two attached hydrogens (primary N) is 1. The molecule has 1 unspecified atom stereocenters. The molecule has 0 saturated heterocycles. The van der Waals surface area contributed by atoms with E-state index in [-0.39, 0.29) is 0 Å². The summed E-state index contributed by atoms with van der Waals surface area (Å²) in [6.07, 6.45) is 7.33. The summed E-state index contributed by atoms with van der Waals surface area (Å²) in [5.74, 6) is 1.39. The van der Waals surface area contributed by atoms with E-state index in [1.807, 2.05) is 6.92 Å². The first-order valence-electron chi connectivity index (χ1n) is 8.61. The van der Waals surface area contributed by atoms with Gasteiger partial charge in [-0.3, -0.25) is 4.99 Å². The SMILES string of the molecule is CCOCCC1(CN=C(N)NC(C)CCCC(C)C)CC1. The molecule has 0 spiro atoms. The molecule has 0 aromatic heterocycles. The number of rotatable bonds is 11. The highest BCUT2D eigenvalue weighted by Crippen LogP contribution is 2.48.